The van der Waals surface area contributed by atoms with Gasteiger partial charge in [0.1, 0.15) is 0 Å². The molecule has 1 amide bonds. The molecule has 2 N–H and O–H groups in total. The first-order valence-electron chi connectivity index (χ1n) is 5.46. The number of nitrogens with two attached hydrogens (primary N) is 1. The summed E-state index contributed by atoms with van der Waals surface area (Å²) in [7, 11) is 1.69. The number of carbonyl (C=O) groups excluding carboxylic acids is 1. The van der Waals surface area contributed by atoms with E-state index in [4.69, 9.17) is 11.0 Å². The van der Waals surface area contributed by atoms with E-state index in [0.29, 0.717) is 24.2 Å². The van der Waals surface area contributed by atoms with Crippen LogP contribution in [0.15, 0.2) is 12.1 Å². The highest BCUT2D eigenvalue weighted by molar-refractivity contribution is 5.96. The highest BCUT2D eigenvalue weighted by Crippen LogP contribution is 2.19. The molecule has 0 atom stereocenters. The van der Waals surface area contributed by atoms with E-state index in [1.54, 1.807) is 18.0 Å². The fourth-order valence-electron chi connectivity index (χ4n) is 1.62. The summed E-state index contributed by atoms with van der Waals surface area (Å²) in [6.07, 6.45) is 0.336. The summed E-state index contributed by atoms with van der Waals surface area (Å²) in [4.78, 5) is 13.6. The Bertz CT molecular complexity index is 474. The van der Waals surface area contributed by atoms with Crippen molar-refractivity contribution in [2.24, 2.45) is 0 Å². The van der Waals surface area contributed by atoms with Crippen LogP contribution in [0.25, 0.3) is 0 Å². The third kappa shape index (κ3) is 2.97. The van der Waals surface area contributed by atoms with Crippen molar-refractivity contribution in [3.63, 3.8) is 0 Å². The van der Waals surface area contributed by atoms with Crippen molar-refractivity contribution in [2.75, 3.05) is 19.3 Å². The van der Waals surface area contributed by atoms with Crippen LogP contribution in [-0.2, 0) is 0 Å². The van der Waals surface area contributed by atoms with Crippen molar-refractivity contribution in [1.29, 1.82) is 5.26 Å². The predicted molar refractivity (Wildman–Crippen MR) is 67.5 cm³/mol. The Morgan fingerprint density at radius 2 is 2.06 bits per heavy atom. The van der Waals surface area contributed by atoms with Crippen molar-refractivity contribution in [3.8, 4) is 6.07 Å². The predicted octanol–water partition coefficient (Wildman–Crippen LogP) is 1.87. The molecule has 1 aromatic carbocycles. The molecule has 4 heteroatoms. The van der Waals surface area contributed by atoms with Gasteiger partial charge in [-0.3, -0.25) is 4.79 Å². The second kappa shape index (κ2) is 5.35. The van der Waals surface area contributed by atoms with Gasteiger partial charge >= 0.3 is 0 Å². The van der Waals surface area contributed by atoms with E-state index in [2.05, 4.69) is 0 Å². The number of benzene rings is 1. The Balaban J connectivity index is 2.97. The summed E-state index contributed by atoms with van der Waals surface area (Å²) in [5.74, 6) is -0.0931. The Morgan fingerprint density at radius 1 is 1.41 bits per heavy atom. The largest absolute Gasteiger partial charge is 0.398 e. The van der Waals surface area contributed by atoms with Crippen LogP contribution < -0.4 is 5.73 Å². The van der Waals surface area contributed by atoms with Crippen molar-refractivity contribution in [1.82, 2.24) is 4.90 Å². The summed E-state index contributed by atoms with van der Waals surface area (Å²) in [6, 6.07) is 5.63. The maximum Gasteiger partial charge on any atom is 0.253 e. The number of rotatable bonds is 3. The molecule has 0 radical (unpaired) electrons. The second-order valence-electron chi connectivity index (χ2n) is 4.16. The number of nitrogen functional groups attached to an aromatic ring is 1. The molecule has 0 heterocycles. The lowest BCUT2D eigenvalue weighted by molar-refractivity contribution is 0.0797. The van der Waals surface area contributed by atoms with E-state index in [0.717, 1.165) is 11.1 Å². The van der Waals surface area contributed by atoms with Crippen molar-refractivity contribution >= 4 is 11.6 Å². The van der Waals surface area contributed by atoms with Crippen LogP contribution in [0.1, 0.15) is 27.9 Å². The average Bonchev–Trinajstić information content (AvgIpc) is 2.29. The van der Waals surface area contributed by atoms with E-state index >= 15 is 0 Å². The van der Waals surface area contributed by atoms with Crippen LogP contribution in [0.4, 0.5) is 5.69 Å². The topological polar surface area (TPSA) is 70.1 Å². The third-order valence-corrected chi connectivity index (χ3v) is 2.75. The van der Waals surface area contributed by atoms with Crippen molar-refractivity contribution in [2.45, 2.75) is 20.3 Å². The molecule has 0 aliphatic carbocycles. The molecule has 0 saturated carbocycles. The lowest BCUT2D eigenvalue weighted by Crippen LogP contribution is -2.28. The minimum atomic E-state index is -0.0931. The number of nitriles is 1. The number of carbonyl (C=O) groups is 1. The Morgan fingerprint density at radius 3 is 2.65 bits per heavy atom. The molecule has 17 heavy (non-hydrogen) atoms. The number of anilines is 1. The molecule has 1 aromatic rings. The molecule has 0 fully saturated rings. The van der Waals surface area contributed by atoms with Crippen LogP contribution in [0.5, 0.6) is 0 Å². The molecule has 90 valence electrons. The standard InChI is InChI=1S/C13H17N3O/c1-9-7-10(2)12(15)8-11(9)13(17)16(3)6-4-5-14/h7-8H,4,6,15H2,1-3H3. The summed E-state index contributed by atoms with van der Waals surface area (Å²) < 4.78 is 0. The number of nitrogens with zero attached hydrogens (tertiary/aromatic N) is 2. The Labute approximate surface area is 102 Å². The molecule has 4 nitrogen and oxygen atoms in total. The van der Waals surface area contributed by atoms with Gasteiger partial charge in [-0.1, -0.05) is 6.07 Å². The quantitative estimate of drug-likeness (QED) is 0.807. The summed E-state index contributed by atoms with van der Waals surface area (Å²) in [5, 5.41) is 8.49. The summed E-state index contributed by atoms with van der Waals surface area (Å²) in [5.41, 5.74) is 8.91. The van der Waals surface area contributed by atoms with Gasteiger partial charge in [-0.2, -0.15) is 5.26 Å². The van der Waals surface area contributed by atoms with E-state index in [1.807, 2.05) is 26.0 Å². The monoisotopic (exact) mass is 231 g/mol. The van der Waals surface area contributed by atoms with Crippen molar-refractivity contribution < 1.29 is 4.79 Å². The molecule has 0 saturated heterocycles. The zero-order valence-electron chi connectivity index (χ0n) is 10.4. The molecule has 0 aromatic heterocycles. The van der Waals surface area contributed by atoms with E-state index in [-0.39, 0.29) is 5.91 Å². The van der Waals surface area contributed by atoms with E-state index in [1.165, 1.54) is 0 Å². The van der Waals surface area contributed by atoms with Crippen LogP contribution in [-0.4, -0.2) is 24.4 Å². The first-order valence-corrected chi connectivity index (χ1v) is 5.46. The summed E-state index contributed by atoms with van der Waals surface area (Å²) in [6.45, 7) is 4.23. The summed E-state index contributed by atoms with van der Waals surface area (Å²) >= 11 is 0. The van der Waals surface area contributed by atoms with Gasteiger partial charge in [-0.05, 0) is 31.0 Å². The molecule has 0 spiro atoms. The fraction of sp³-hybridized carbons (Fsp3) is 0.385. The minimum Gasteiger partial charge on any atom is -0.398 e. The van der Waals surface area contributed by atoms with Gasteiger partial charge in [-0.15, -0.1) is 0 Å². The highest BCUT2D eigenvalue weighted by Gasteiger charge is 2.14. The molecule has 0 aliphatic heterocycles. The van der Waals surface area contributed by atoms with Crippen LogP contribution in [0, 0.1) is 25.2 Å². The van der Waals surface area contributed by atoms with Gasteiger partial charge in [0.05, 0.1) is 12.5 Å². The van der Waals surface area contributed by atoms with Gasteiger partial charge in [0.15, 0.2) is 0 Å². The first kappa shape index (κ1) is 13.0. The SMILES string of the molecule is Cc1cc(C)c(C(=O)N(C)CCC#N)cc1N. The van der Waals surface area contributed by atoms with E-state index in [9.17, 15) is 4.79 Å². The maximum atomic E-state index is 12.1. The zero-order chi connectivity index (χ0) is 13.0. The number of amides is 1. The minimum absolute atomic E-state index is 0.0931. The molecular formula is C13H17N3O. The number of aryl methyl sites for hydroxylation is 2. The Kier molecular flexibility index (Phi) is 4.11. The molecular weight excluding hydrogens is 214 g/mol. The van der Waals surface area contributed by atoms with Gasteiger partial charge in [0.25, 0.3) is 5.91 Å². The smallest absolute Gasteiger partial charge is 0.253 e. The van der Waals surface area contributed by atoms with Gasteiger partial charge in [-0.25, -0.2) is 0 Å². The maximum absolute atomic E-state index is 12.1. The Hall–Kier alpha value is -2.02. The second-order valence-corrected chi connectivity index (χ2v) is 4.16. The number of hydrogen-bond acceptors (Lipinski definition) is 3. The number of hydrogen-bond donors (Lipinski definition) is 1. The molecule has 0 bridgehead atoms. The lowest BCUT2D eigenvalue weighted by atomic mass is 10.0. The van der Waals surface area contributed by atoms with Crippen LogP contribution in [0.2, 0.25) is 0 Å². The lowest BCUT2D eigenvalue weighted by Gasteiger charge is -2.17. The zero-order valence-corrected chi connectivity index (χ0v) is 10.4. The van der Waals surface area contributed by atoms with Gasteiger partial charge < -0.3 is 10.6 Å². The normalized spacial score (nSPS) is 9.76. The first-order chi connectivity index (χ1) is 7.97. The van der Waals surface area contributed by atoms with E-state index < -0.39 is 0 Å². The molecule has 0 aliphatic rings. The van der Waals surface area contributed by atoms with Crippen LogP contribution >= 0.6 is 0 Å². The molecule has 1 rings (SSSR count). The average molecular weight is 231 g/mol. The van der Waals surface area contributed by atoms with Gasteiger partial charge in [0, 0.05) is 24.8 Å². The fourth-order valence-corrected chi connectivity index (χ4v) is 1.62. The van der Waals surface area contributed by atoms with Gasteiger partial charge in [0.2, 0.25) is 0 Å². The van der Waals surface area contributed by atoms with Crippen LogP contribution in [0.3, 0.4) is 0 Å². The van der Waals surface area contributed by atoms with Crippen molar-refractivity contribution in [3.05, 3.63) is 28.8 Å². The highest BCUT2D eigenvalue weighted by atomic mass is 16.2. The third-order valence-electron chi connectivity index (χ3n) is 2.75. The molecule has 0 unspecified atom stereocenters.